The van der Waals surface area contributed by atoms with E-state index in [1.54, 1.807) is 6.20 Å². The molecule has 0 atom stereocenters. The molecule has 6 heteroatoms. The van der Waals surface area contributed by atoms with Gasteiger partial charge in [-0.2, -0.15) is 0 Å². The fraction of sp³-hybridized carbons (Fsp3) is 0.615. The van der Waals surface area contributed by atoms with E-state index < -0.39 is 0 Å². The largest absolute Gasteiger partial charge is 0.367 e. The van der Waals surface area contributed by atoms with E-state index in [4.69, 9.17) is 0 Å². The van der Waals surface area contributed by atoms with Crippen molar-refractivity contribution in [3.63, 3.8) is 0 Å². The van der Waals surface area contributed by atoms with Gasteiger partial charge < -0.3 is 15.5 Å². The molecule has 1 heterocycles. The van der Waals surface area contributed by atoms with E-state index in [0.29, 0.717) is 24.1 Å². The Morgan fingerprint density at radius 3 is 2.58 bits per heavy atom. The monoisotopic (exact) mass is 265 g/mol. The molecule has 0 fully saturated rings. The molecule has 1 rings (SSSR count). The molecule has 2 N–H and O–H groups in total. The molecule has 0 bridgehead atoms. The van der Waals surface area contributed by atoms with Gasteiger partial charge in [-0.05, 0) is 40.9 Å². The van der Waals surface area contributed by atoms with Gasteiger partial charge in [0.25, 0.3) is 5.91 Å². The topological polar surface area (TPSA) is 70.2 Å². The van der Waals surface area contributed by atoms with Gasteiger partial charge in [0.15, 0.2) is 0 Å². The van der Waals surface area contributed by atoms with Crippen LogP contribution in [-0.4, -0.2) is 54.0 Å². The van der Waals surface area contributed by atoms with Gasteiger partial charge in [0, 0.05) is 12.6 Å². The number of hydrogen-bond acceptors (Lipinski definition) is 5. The average molecular weight is 265 g/mol. The van der Waals surface area contributed by atoms with Gasteiger partial charge in [-0.1, -0.05) is 0 Å². The summed E-state index contributed by atoms with van der Waals surface area (Å²) in [5.74, 6) is 0.501. The summed E-state index contributed by atoms with van der Waals surface area (Å²) in [4.78, 5) is 22.1. The zero-order chi connectivity index (χ0) is 14.3. The van der Waals surface area contributed by atoms with Gasteiger partial charge in [-0.15, -0.1) is 0 Å². The second kappa shape index (κ2) is 7.68. The van der Waals surface area contributed by atoms with Crippen molar-refractivity contribution in [3.8, 4) is 0 Å². The number of aromatic nitrogens is 2. The summed E-state index contributed by atoms with van der Waals surface area (Å²) in [6, 6.07) is 0.292. The Balaban J connectivity index is 2.40. The maximum atomic E-state index is 11.8. The molecular weight excluding hydrogens is 242 g/mol. The van der Waals surface area contributed by atoms with Crippen molar-refractivity contribution < 1.29 is 4.79 Å². The molecule has 0 spiro atoms. The average Bonchev–Trinajstić information content (AvgIpc) is 2.34. The third-order valence-corrected chi connectivity index (χ3v) is 2.39. The van der Waals surface area contributed by atoms with Crippen LogP contribution in [0.15, 0.2) is 12.4 Å². The third-order valence-electron chi connectivity index (χ3n) is 2.39. The maximum Gasteiger partial charge on any atom is 0.271 e. The van der Waals surface area contributed by atoms with E-state index in [1.165, 1.54) is 6.20 Å². The predicted molar refractivity (Wildman–Crippen MR) is 76.3 cm³/mol. The van der Waals surface area contributed by atoms with Crippen molar-refractivity contribution in [2.45, 2.75) is 26.3 Å². The van der Waals surface area contributed by atoms with E-state index in [-0.39, 0.29) is 5.91 Å². The highest BCUT2D eigenvalue weighted by atomic mass is 16.1. The lowest BCUT2D eigenvalue weighted by Crippen LogP contribution is -2.28. The maximum absolute atomic E-state index is 11.8. The van der Waals surface area contributed by atoms with Crippen LogP contribution in [0.3, 0.4) is 0 Å². The Morgan fingerprint density at radius 2 is 2.05 bits per heavy atom. The summed E-state index contributed by atoms with van der Waals surface area (Å²) in [6.07, 6.45) is 3.99. The standard InChI is InChI=1S/C13H23N5O/c1-10(2)17-12-9-15-11(8-16-12)13(19)14-6-5-7-18(3)4/h8-10H,5-7H2,1-4H3,(H,14,19)(H,16,17). The first-order chi connectivity index (χ1) is 8.99. The summed E-state index contributed by atoms with van der Waals surface area (Å²) in [6.45, 7) is 5.63. The van der Waals surface area contributed by atoms with Crippen LogP contribution in [0.2, 0.25) is 0 Å². The molecule has 0 unspecified atom stereocenters. The number of nitrogens with one attached hydrogen (secondary N) is 2. The van der Waals surface area contributed by atoms with Crippen LogP contribution in [-0.2, 0) is 0 Å². The van der Waals surface area contributed by atoms with Gasteiger partial charge in [0.05, 0.1) is 12.4 Å². The highest BCUT2D eigenvalue weighted by molar-refractivity contribution is 5.91. The van der Waals surface area contributed by atoms with Crippen molar-refractivity contribution >= 4 is 11.7 Å². The van der Waals surface area contributed by atoms with E-state index in [9.17, 15) is 4.79 Å². The third kappa shape index (κ3) is 6.15. The summed E-state index contributed by atoms with van der Waals surface area (Å²) in [5.41, 5.74) is 0.346. The second-order valence-corrected chi connectivity index (χ2v) is 5.00. The van der Waals surface area contributed by atoms with Crippen molar-refractivity contribution in [1.82, 2.24) is 20.2 Å². The predicted octanol–water partition coefficient (Wildman–Crippen LogP) is 0.978. The lowest BCUT2D eigenvalue weighted by Gasteiger charge is -2.10. The Labute approximate surface area is 114 Å². The number of anilines is 1. The minimum Gasteiger partial charge on any atom is -0.367 e. The molecule has 19 heavy (non-hydrogen) atoms. The van der Waals surface area contributed by atoms with Crippen LogP contribution in [0.1, 0.15) is 30.8 Å². The number of rotatable bonds is 7. The molecule has 0 saturated carbocycles. The fourth-order valence-corrected chi connectivity index (χ4v) is 1.50. The molecule has 1 aromatic heterocycles. The first-order valence-electron chi connectivity index (χ1n) is 6.50. The van der Waals surface area contributed by atoms with Crippen molar-refractivity contribution in [2.75, 3.05) is 32.5 Å². The number of carbonyl (C=O) groups excluding carboxylic acids is 1. The SMILES string of the molecule is CC(C)Nc1cnc(C(=O)NCCCN(C)C)cn1. The molecule has 0 aliphatic rings. The molecule has 0 aromatic carbocycles. The summed E-state index contributed by atoms with van der Waals surface area (Å²) < 4.78 is 0. The highest BCUT2D eigenvalue weighted by Crippen LogP contribution is 2.02. The molecule has 6 nitrogen and oxygen atoms in total. The first-order valence-corrected chi connectivity index (χ1v) is 6.50. The van der Waals surface area contributed by atoms with Crippen molar-refractivity contribution in [2.24, 2.45) is 0 Å². The zero-order valence-corrected chi connectivity index (χ0v) is 12.1. The molecule has 106 valence electrons. The zero-order valence-electron chi connectivity index (χ0n) is 12.1. The summed E-state index contributed by atoms with van der Waals surface area (Å²) in [7, 11) is 4.02. The van der Waals surface area contributed by atoms with Crippen LogP contribution in [0.25, 0.3) is 0 Å². The van der Waals surface area contributed by atoms with Crippen molar-refractivity contribution in [3.05, 3.63) is 18.1 Å². The minimum atomic E-state index is -0.178. The number of nitrogens with zero attached hydrogens (tertiary/aromatic N) is 3. The van der Waals surface area contributed by atoms with Gasteiger partial charge >= 0.3 is 0 Å². The molecule has 1 aromatic rings. The quantitative estimate of drug-likeness (QED) is 0.719. The van der Waals surface area contributed by atoms with E-state index in [2.05, 4.69) is 25.5 Å². The summed E-state index contributed by atoms with van der Waals surface area (Å²) >= 11 is 0. The Hall–Kier alpha value is -1.69. The first kappa shape index (κ1) is 15.4. The smallest absolute Gasteiger partial charge is 0.271 e. The number of hydrogen-bond donors (Lipinski definition) is 2. The second-order valence-electron chi connectivity index (χ2n) is 5.00. The normalized spacial score (nSPS) is 10.8. The van der Waals surface area contributed by atoms with E-state index in [1.807, 2.05) is 27.9 Å². The van der Waals surface area contributed by atoms with Crippen LogP contribution in [0, 0.1) is 0 Å². The minimum absolute atomic E-state index is 0.178. The molecular formula is C13H23N5O. The van der Waals surface area contributed by atoms with Gasteiger partial charge in [-0.3, -0.25) is 4.79 Å². The molecule has 0 radical (unpaired) electrons. The molecule has 0 aliphatic carbocycles. The fourth-order valence-electron chi connectivity index (χ4n) is 1.50. The Kier molecular flexibility index (Phi) is 6.21. The lowest BCUT2D eigenvalue weighted by molar-refractivity contribution is 0.0947. The van der Waals surface area contributed by atoms with Gasteiger partial charge in [0.1, 0.15) is 11.5 Å². The number of carbonyl (C=O) groups is 1. The van der Waals surface area contributed by atoms with Crippen LogP contribution >= 0.6 is 0 Å². The lowest BCUT2D eigenvalue weighted by atomic mass is 10.3. The van der Waals surface area contributed by atoms with Crippen molar-refractivity contribution in [1.29, 1.82) is 0 Å². The Bertz CT molecular complexity index is 389. The Morgan fingerprint density at radius 1 is 1.32 bits per heavy atom. The van der Waals surface area contributed by atoms with Gasteiger partial charge in [0.2, 0.25) is 0 Å². The van der Waals surface area contributed by atoms with Gasteiger partial charge in [-0.25, -0.2) is 9.97 Å². The van der Waals surface area contributed by atoms with Crippen LogP contribution < -0.4 is 10.6 Å². The number of amides is 1. The molecule has 0 saturated heterocycles. The highest BCUT2D eigenvalue weighted by Gasteiger charge is 2.07. The summed E-state index contributed by atoms with van der Waals surface area (Å²) in [5, 5.41) is 5.95. The van der Waals surface area contributed by atoms with E-state index >= 15 is 0 Å². The molecule has 1 amide bonds. The van der Waals surface area contributed by atoms with Crippen LogP contribution in [0.4, 0.5) is 5.82 Å². The van der Waals surface area contributed by atoms with E-state index in [0.717, 1.165) is 13.0 Å². The van der Waals surface area contributed by atoms with Crippen LogP contribution in [0.5, 0.6) is 0 Å². The molecule has 0 aliphatic heterocycles.